The van der Waals surface area contributed by atoms with Crippen molar-refractivity contribution in [2.24, 2.45) is 13.0 Å². The fourth-order valence-electron chi connectivity index (χ4n) is 2.45. The first kappa shape index (κ1) is 11.0. The largest absolute Gasteiger partial charge is 0.276 e. The molecular formula is C12H19ClN2. The minimum atomic E-state index is 0.390. The molecule has 1 aliphatic rings. The quantitative estimate of drug-likeness (QED) is 0.560. The summed E-state index contributed by atoms with van der Waals surface area (Å²) in [6.07, 6.45) is 9.43. The second kappa shape index (κ2) is 5.02. The highest BCUT2D eigenvalue weighted by Gasteiger charge is 2.19. The number of hydrogen-bond donors (Lipinski definition) is 0. The van der Waals surface area contributed by atoms with E-state index >= 15 is 0 Å². The Morgan fingerprint density at radius 2 is 2.27 bits per heavy atom. The third kappa shape index (κ3) is 3.23. The maximum absolute atomic E-state index is 6.26. The van der Waals surface area contributed by atoms with E-state index in [0.717, 1.165) is 18.8 Å². The van der Waals surface area contributed by atoms with Gasteiger partial charge < -0.3 is 0 Å². The molecule has 0 radical (unpaired) electrons. The molecule has 0 amide bonds. The van der Waals surface area contributed by atoms with E-state index in [2.05, 4.69) is 11.2 Å². The van der Waals surface area contributed by atoms with Gasteiger partial charge in [0.1, 0.15) is 0 Å². The molecule has 1 heterocycles. The van der Waals surface area contributed by atoms with E-state index in [4.69, 9.17) is 11.6 Å². The number of hydrogen-bond acceptors (Lipinski definition) is 1. The molecule has 1 aromatic rings. The molecule has 1 aromatic heterocycles. The summed E-state index contributed by atoms with van der Waals surface area (Å²) in [7, 11) is 1.97. The smallest absolute Gasteiger partial charge is 0.0627 e. The Morgan fingerprint density at radius 3 is 3.00 bits per heavy atom. The summed E-state index contributed by atoms with van der Waals surface area (Å²) < 4.78 is 1.88. The van der Waals surface area contributed by atoms with Crippen LogP contribution >= 0.6 is 11.6 Å². The summed E-state index contributed by atoms with van der Waals surface area (Å²) in [4.78, 5) is 0. The van der Waals surface area contributed by atoms with E-state index in [9.17, 15) is 0 Å². The van der Waals surface area contributed by atoms with Crippen LogP contribution in [0, 0.1) is 5.92 Å². The molecule has 15 heavy (non-hydrogen) atoms. The molecule has 2 atom stereocenters. The summed E-state index contributed by atoms with van der Waals surface area (Å²) in [6, 6.07) is 2.12. The summed E-state index contributed by atoms with van der Waals surface area (Å²) in [5.74, 6) is 0.741. The van der Waals surface area contributed by atoms with E-state index in [1.54, 1.807) is 0 Å². The predicted octanol–water partition coefficient (Wildman–Crippen LogP) is 3.15. The Hall–Kier alpha value is -0.500. The molecule has 84 valence electrons. The molecule has 0 saturated heterocycles. The van der Waals surface area contributed by atoms with Crippen molar-refractivity contribution in [2.45, 2.75) is 43.9 Å². The molecule has 1 fully saturated rings. The third-order valence-corrected chi connectivity index (χ3v) is 3.63. The van der Waals surface area contributed by atoms with Crippen LogP contribution in [0.5, 0.6) is 0 Å². The predicted molar refractivity (Wildman–Crippen MR) is 63.1 cm³/mol. The number of aryl methyl sites for hydroxylation is 1. The second-order valence-corrected chi connectivity index (χ2v) is 5.29. The van der Waals surface area contributed by atoms with Gasteiger partial charge >= 0.3 is 0 Å². The molecule has 0 spiro atoms. The van der Waals surface area contributed by atoms with Crippen LogP contribution in [0.25, 0.3) is 0 Å². The van der Waals surface area contributed by atoms with E-state index in [0.29, 0.717) is 5.38 Å². The Morgan fingerprint density at radius 1 is 1.47 bits per heavy atom. The van der Waals surface area contributed by atoms with Gasteiger partial charge in [-0.2, -0.15) is 5.10 Å². The van der Waals surface area contributed by atoms with Gasteiger partial charge in [-0.15, -0.1) is 11.6 Å². The Kier molecular flexibility index (Phi) is 3.68. The molecule has 0 N–H and O–H groups in total. The minimum absolute atomic E-state index is 0.390. The molecular weight excluding hydrogens is 208 g/mol. The zero-order chi connectivity index (χ0) is 10.7. The fraction of sp³-hybridized carbons (Fsp3) is 0.750. The number of halogens is 1. The number of rotatable bonds is 2. The fourth-order valence-corrected chi connectivity index (χ4v) is 2.86. The summed E-state index contributed by atoms with van der Waals surface area (Å²) >= 11 is 6.26. The highest BCUT2D eigenvalue weighted by molar-refractivity contribution is 6.20. The second-order valence-electron chi connectivity index (χ2n) is 4.67. The lowest BCUT2D eigenvalue weighted by Gasteiger charge is -2.14. The first-order valence-corrected chi connectivity index (χ1v) is 6.30. The van der Waals surface area contributed by atoms with Crippen LogP contribution < -0.4 is 0 Å². The van der Waals surface area contributed by atoms with Gasteiger partial charge in [-0.05, 0) is 31.2 Å². The summed E-state index contributed by atoms with van der Waals surface area (Å²) in [5, 5.41) is 4.82. The Balaban J connectivity index is 1.92. The normalized spacial score (nSPS) is 27.6. The topological polar surface area (TPSA) is 17.8 Å². The van der Waals surface area contributed by atoms with Crippen LogP contribution in [0.1, 0.15) is 37.8 Å². The van der Waals surface area contributed by atoms with Crippen molar-refractivity contribution in [3.8, 4) is 0 Å². The van der Waals surface area contributed by atoms with Crippen molar-refractivity contribution in [1.29, 1.82) is 0 Å². The van der Waals surface area contributed by atoms with E-state index < -0.39 is 0 Å². The Labute approximate surface area is 96.6 Å². The van der Waals surface area contributed by atoms with Gasteiger partial charge in [0.2, 0.25) is 0 Å². The van der Waals surface area contributed by atoms with Crippen molar-refractivity contribution in [3.05, 3.63) is 18.0 Å². The highest BCUT2D eigenvalue weighted by atomic mass is 35.5. The van der Waals surface area contributed by atoms with Crippen molar-refractivity contribution >= 4 is 11.6 Å². The zero-order valence-corrected chi connectivity index (χ0v) is 10.1. The summed E-state index contributed by atoms with van der Waals surface area (Å²) in [5.41, 5.74) is 1.22. The Bertz CT molecular complexity index is 308. The number of nitrogens with zero attached hydrogens (tertiary/aromatic N) is 2. The van der Waals surface area contributed by atoms with Crippen LogP contribution in [0.15, 0.2) is 12.3 Å². The molecule has 3 heteroatoms. The first-order valence-electron chi connectivity index (χ1n) is 5.86. The average Bonchev–Trinajstić information content (AvgIpc) is 2.46. The van der Waals surface area contributed by atoms with Gasteiger partial charge in [-0.1, -0.05) is 19.3 Å². The molecule has 0 bridgehead atoms. The van der Waals surface area contributed by atoms with Gasteiger partial charge in [-0.25, -0.2) is 0 Å². The lowest BCUT2D eigenvalue weighted by molar-refractivity contribution is 0.453. The van der Waals surface area contributed by atoms with E-state index in [1.807, 2.05) is 17.9 Å². The van der Waals surface area contributed by atoms with Crippen molar-refractivity contribution < 1.29 is 0 Å². The van der Waals surface area contributed by atoms with Crippen molar-refractivity contribution in [1.82, 2.24) is 9.78 Å². The van der Waals surface area contributed by atoms with Crippen LogP contribution in [0.3, 0.4) is 0 Å². The van der Waals surface area contributed by atoms with Gasteiger partial charge in [0.05, 0.1) is 5.69 Å². The van der Waals surface area contributed by atoms with Crippen molar-refractivity contribution in [2.75, 3.05) is 0 Å². The molecule has 2 unspecified atom stereocenters. The lowest BCUT2D eigenvalue weighted by Crippen LogP contribution is -2.09. The molecule has 2 nitrogen and oxygen atoms in total. The van der Waals surface area contributed by atoms with Crippen LogP contribution in [-0.4, -0.2) is 15.2 Å². The van der Waals surface area contributed by atoms with Gasteiger partial charge in [0.15, 0.2) is 0 Å². The minimum Gasteiger partial charge on any atom is -0.276 e. The number of aromatic nitrogens is 2. The van der Waals surface area contributed by atoms with Crippen LogP contribution in [-0.2, 0) is 13.5 Å². The van der Waals surface area contributed by atoms with E-state index in [-0.39, 0.29) is 0 Å². The maximum Gasteiger partial charge on any atom is 0.0627 e. The molecule has 1 saturated carbocycles. The standard InChI is InChI=1S/C12H19ClN2/c1-15-7-6-12(14-15)9-10-4-2-3-5-11(13)8-10/h6-7,10-11H,2-5,8-9H2,1H3. The summed E-state index contributed by atoms with van der Waals surface area (Å²) in [6.45, 7) is 0. The molecule has 0 aromatic carbocycles. The maximum atomic E-state index is 6.26. The average molecular weight is 227 g/mol. The first-order chi connectivity index (χ1) is 7.24. The van der Waals surface area contributed by atoms with Crippen LogP contribution in [0.4, 0.5) is 0 Å². The SMILES string of the molecule is Cn1ccc(CC2CCCCC(Cl)C2)n1. The third-order valence-electron chi connectivity index (χ3n) is 3.24. The van der Waals surface area contributed by atoms with Crippen molar-refractivity contribution in [3.63, 3.8) is 0 Å². The van der Waals surface area contributed by atoms with Gasteiger partial charge in [0.25, 0.3) is 0 Å². The molecule has 1 aliphatic carbocycles. The van der Waals surface area contributed by atoms with E-state index in [1.165, 1.54) is 31.4 Å². The van der Waals surface area contributed by atoms with Crippen LogP contribution in [0.2, 0.25) is 0 Å². The van der Waals surface area contributed by atoms with Gasteiger partial charge in [0, 0.05) is 18.6 Å². The lowest BCUT2D eigenvalue weighted by atomic mass is 9.95. The monoisotopic (exact) mass is 226 g/mol. The highest BCUT2D eigenvalue weighted by Crippen LogP contribution is 2.28. The molecule has 2 rings (SSSR count). The molecule has 0 aliphatic heterocycles. The number of alkyl halides is 1. The zero-order valence-electron chi connectivity index (χ0n) is 9.32. The van der Waals surface area contributed by atoms with Gasteiger partial charge in [-0.3, -0.25) is 4.68 Å².